The predicted molar refractivity (Wildman–Crippen MR) is 106 cm³/mol. The van der Waals surface area contributed by atoms with Crippen molar-refractivity contribution in [2.24, 2.45) is 14.1 Å². The summed E-state index contributed by atoms with van der Waals surface area (Å²) in [5.41, 5.74) is 0.955. The fraction of sp³-hybridized carbons (Fsp3) is 0.333. The predicted octanol–water partition coefficient (Wildman–Crippen LogP) is 1.40. The highest BCUT2D eigenvalue weighted by Gasteiger charge is 2.22. The minimum absolute atomic E-state index is 0.233. The van der Waals surface area contributed by atoms with Gasteiger partial charge in [-0.1, -0.05) is 12.1 Å². The molecule has 0 saturated carbocycles. The molecular weight excluding hydrogens is 370 g/mol. The molecule has 29 heavy (non-hydrogen) atoms. The van der Waals surface area contributed by atoms with Crippen LogP contribution in [0, 0.1) is 0 Å². The molecule has 0 spiro atoms. The van der Waals surface area contributed by atoms with Gasteiger partial charge in [0.15, 0.2) is 0 Å². The third kappa shape index (κ3) is 4.53. The Bertz CT molecular complexity index is 978. The number of anilines is 1. The van der Waals surface area contributed by atoms with Crippen molar-refractivity contribution >= 4 is 5.69 Å². The highest BCUT2D eigenvalue weighted by molar-refractivity contribution is 5.61. The van der Waals surface area contributed by atoms with E-state index in [1.807, 2.05) is 61.5 Å². The van der Waals surface area contributed by atoms with Crippen LogP contribution in [0.25, 0.3) is 0 Å². The first-order chi connectivity index (χ1) is 14.2. The van der Waals surface area contributed by atoms with Crippen LogP contribution in [0.3, 0.4) is 0 Å². The summed E-state index contributed by atoms with van der Waals surface area (Å²) < 4.78 is 23.4. The minimum atomic E-state index is 0.233. The summed E-state index contributed by atoms with van der Waals surface area (Å²) in [6.45, 7) is 2.32. The van der Waals surface area contributed by atoms with Crippen molar-refractivity contribution in [3.05, 3.63) is 73.3 Å². The lowest BCUT2D eigenvalue weighted by atomic mass is 10.2. The van der Waals surface area contributed by atoms with Gasteiger partial charge in [0.2, 0.25) is 19.0 Å². The van der Waals surface area contributed by atoms with Gasteiger partial charge in [-0.3, -0.25) is 0 Å². The average molecular weight is 397 g/mol. The summed E-state index contributed by atoms with van der Waals surface area (Å²) in [5, 5.41) is 0. The number of aromatic amines is 1. The number of rotatable bonds is 9. The van der Waals surface area contributed by atoms with Gasteiger partial charge in [-0.15, -0.1) is 0 Å². The Morgan fingerprint density at radius 3 is 2.86 bits per heavy atom. The molecule has 0 amide bonds. The van der Waals surface area contributed by atoms with E-state index >= 15 is 0 Å². The van der Waals surface area contributed by atoms with Gasteiger partial charge >= 0.3 is 0 Å². The Hall–Kier alpha value is -3.42. The molecule has 0 atom stereocenters. The van der Waals surface area contributed by atoms with E-state index < -0.39 is 0 Å². The van der Waals surface area contributed by atoms with Gasteiger partial charge in [-0.05, 0) is 12.1 Å². The summed E-state index contributed by atoms with van der Waals surface area (Å²) in [5.74, 6) is 2.62. The number of imidazole rings is 2. The summed E-state index contributed by atoms with van der Waals surface area (Å²) in [4.78, 5) is 5.33. The van der Waals surface area contributed by atoms with E-state index in [2.05, 4.69) is 31.5 Å². The zero-order valence-electron chi connectivity index (χ0n) is 16.8. The van der Waals surface area contributed by atoms with E-state index in [1.54, 1.807) is 6.26 Å². The lowest BCUT2D eigenvalue weighted by molar-refractivity contribution is -0.677. The van der Waals surface area contributed by atoms with Gasteiger partial charge in [-0.25, -0.2) is 18.7 Å². The number of nitrogens with zero attached hydrogens (tertiary/aromatic N) is 4. The highest BCUT2D eigenvalue weighted by Crippen LogP contribution is 2.32. The molecule has 3 heterocycles. The van der Waals surface area contributed by atoms with Crippen LogP contribution in [0.2, 0.25) is 0 Å². The first-order valence-electron chi connectivity index (χ1n) is 9.67. The lowest BCUT2D eigenvalue weighted by Crippen LogP contribution is -2.31. The van der Waals surface area contributed by atoms with Gasteiger partial charge in [0, 0.05) is 0 Å². The molecule has 4 rings (SSSR count). The number of para-hydroxylation sites is 2. The molecule has 0 aliphatic carbocycles. The molecule has 0 fully saturated rings. The second-order valence-electron chi connectivity index (χ2n) is 6.94. The van der Waals surface area contributed by atoms with Crippen LogP contribution < -0.4 is 18.8 Å². The molecule has 3 aromatic rings. The van der Waals surface area contributed by atoms with Crippen molar-refractivity contribution in [1.29, 1.82) is 0 Å². The summed E-state index contributed by atoms with van der Waals surface area (Å²) >= 11 is 0. The van der Waals surface area contributed by atoms with Crippen LogP contribution in [-0.2, 0) is 36.5 Å². The normalized spacial score (nSPS) is 13.0. The summed E-state index contributed by atoms with van der Waals surface area (Å²) in [6, 6.07) is 8.02. The lowest BCUT2D eigenvalue weighted by Gasteiger charge is -2.25. The number of hydrogen-bond donors (Lipinski definition) is 1. The van der Waals surface area contributed by atoms with Gasteiger partial charge in [-0.2, -0.15) is 0 Å². The van der Waals surface area contributed by atoms with Crippen molar-refractivity contribution in [3.63, 3.8) is 0 Å². The van der Waals surface area contributed by atoms with Crippen LogP contribution >= 0.6 is 0 Å². The molecule has 8 heteroatoms. The molecule has 8 nitrogen and oxygen atoms in total. The Labute approximate surface area is 170 Å². The Morgan fingerprint density at radius 2 is 2.14 bits per heavy atom. The molecule has 0 bridgehead atoms. The molecule has 0 unspecified atom stereocenters. The molecule has 2 aromatic heterocycles. The molecule has 0 radical (unpaired) electrons. The number of benzene rings is 1. The standard InChI is InChI=1S/C21H26N5O3/c1-23-10-11-25(16-23)12-13-26(21-15-27-17-29-21)18-5-3-4-6-19(18)28-14-7-20-22-8-9-24(20)2/h3-6,8-11,15-16H,7,12-14,17H2,1-2H3/q+1/p+1. The molecular formula is C21H27N5O3+2. The number of ether oxygens (including phenoxy) is 3. The van der Waals surface area contributed by atoms with E-state index in [1.165, 1.54) is 0 Å². The van der Waals surface area contributed by atoms with E-state index in [4.69, 9.17) is 14.2 Å². The molecule has 1 N–H and O–H groups in total. The second kappa shape index (κ2) is 8.72. The highest BCUT2D eigenvalue weighted by atomic mass is 16.7. The third-order valence-corrected chi connectivity index (χ3v) is 4.86. The largest absolute Gasteiger partial charge is 0.491 e. The maximum absolute atomic E-state index is 6.15. The van der Waals surface area contributed by atoms with Crippen molar-refractivity contribution in [2.75, 3.05) is 24.8 Å². The molecule has 152 valence electrons. The average Bonchev–Trinajstić information content (AvgIpc) is 3.47. The topological polar surface area (TPSA) is 59.4 Å². The quantitative estimate of drug-likeness (QED) is 0.555. The zero-order chi connectivity index (χ0) is 20.1. The van der Waals surface area contributed by atoms with Crippen LogP contribution in [0.5, 0.6) is 5.75 Å². The van der Waals surface area contributed by atoms with E-state index in [0.717, 1.165) is 36.8 Å². The van der Waals surface area contributed by atoms with Gasteiger partial charge < -0.3 is 19.1 Å². The third-order valence-electron chi connectivity index (χ3n) is 4.86. The van der Waals surface area contributed by atoms with Crippen molar-refractivity contribution < 1.29 is 23.3 Å². The fourth-order valence-corrected chi connectivity index (χ4v) is 3.32. The second-order valence-corrected chi connectivity index (χ2v) is 6.94. The smallest absolute Gasteiger partial charge is 0.257 e. The number of aromatic nitrogens is 4. The molecule has 1 aliphatic rings. The van der Waals surface area contributed by atoms with E-state index in [9.17, 15) is 0 Å². The fourth-order valence-electron chi connectivity index (χ4n) is 3.32. The number of hydrogen-bond acceptors (Lipinski definition) is 4. The van der Waals surface area contributed by atoms with Crippen LogP contribution in [-0.4, -0.2) is 29.5 Å². The molecule has 1 aliphatic heterocycles. The Morgan fingerprint density at radius 1 is 1.24 bits per heavy atom. The van der Waals surface area contributed by atoms with Crippen LogP contribution in [0.1, 0.15) is 5.82 Å². The number of nitrogens with one attached hydrogen (secondary N) is 1. The monoisotopic (exact) mass is 397 g/mol. The van der Waals surface area contributed by atoms with Crippen LogP contribution in [0.4, 0.5) is 5.69 Å². The summed E-state index contributed by atoms with van der Waals surface area (Å²) in [6.07, 6.45) is 12.5. The maximum Gasteiger partial charge on any atom is 0.257 e. The van der Waals surface area contributed by atoms with Crippen molar-refractivity contribution in [1.82, 2.24) is 9.55 Å². The Kier molecular flexibility index (Phi) is 5.69. The van der Waals surface area contributed by atoms with Crippen molar-refractivity contribution in [2.45, 2.75) is 13.0 Å². The van der Waals surface area contributed by atoms with Gasteiger partial charge in [0.1, 0.15) is 43.3 Å². The first kappa shape index (κ1) is 18.9. The maximum atomic E-state index is 6.15. The summed E-state index contributed by atoms with van der Waals surface area (Å²) in [7, 11) is 4.03. The molecule has 0 saturated heterocycles. The molecule has 1 aromatic carbocycles. The first-order valence-corrected chi connectivity index (χ1v) is 9.67. The van der Waals surface area contributed by atoms with Crippen LogP contribution in [0.15, 0.2) is 67.5 Å². The van der Waals surface area contributed by atoms with E-state index in [0.29, 0.717) is 12.5 Å². The number of H-pyrrole nitrogens is 1. The van der Waals surface area contributed by atoms with Gasteiger partial charge in [0.25, 0.3) is 5.82 Å². The van der Waals surface area contributed by atoms with Gasteiger partial charge in [0.05, 0.1) is 39.4 Å². The van der Waals surface area contributed by atoms with Crippen molar-refractivity contribution in [3.8, 4) is 5.75 Å². The van der Waals surface area contributed by atoms with E-state index in [-0.39, 0.29) is 6.79 Å². The minimum Gasteiger partial charge on any atom is -0.491 e. The number of aryl methyl sites for hydroxylation is 2. The zero-order valence-corrected chi connectivity index (χ0v) is 16.8. The Balaban J connectivity index is 1.49. The SMILES string of the molecule is C[n+]1ccn(CCN(C2=COCO2)c2ccccc2OCCc2[nH]cc[n+]2C)c1.